The van der Waals surface area contributed by atoms with Crippen molar-refractivity contribution in [2.45, 2.75) is 17.2 Å². The van der Waals surface area contributed by atoms with E-state index in [0.717, 1.165) is 11.8 Å². The summed E-state index contributed by atoms with van der Waals surface area (Å²) in [5.74, 6) is -0.824. The monoisotopic (exact) mass is 337 g/mol. The van der Waals surface area contributed by atoms with E-state index >= 15 is 0 Å². The summed E-state index contributed by atoms with van der Waals surface area (Å²) in [7, 11) is 0. The zero-order chi connectivity index (χ0) is 16.8. The molecular formula is C13H12FN5O3S. The van der Waals surface area contributed by atoms with Crippen molar-refractivity contribution in [1.29, 1.82) is 0 Å². The molecule has 0 radical (unpaired) electrons. The van der Waals surface area contributed by atoms with Crippen LogP contribution in [-0.2, 0) is 4.79 Å². The lowest BCUT2D eigenvalue weighted by Crippen LogP contribution is -2.30. The predicted octanol–water partition coefficient (Wildman–Crippen LogP) is 0.228. The summed E-state index contributed by atoms with van der Waals surface area (Å²) in [6.07, 6.45) is 1.36. The molecule has 0 spiro atoms. The zero-order valence-electron chi connectivity index (χ0n) is 11.9. The number of H-pyrrole nitrogens is 2. The molecular weight excluding hydrogens is 325 g/mol. The largest absolute Gasteiger partial charge is 0.342 e. The Hall–Kier alpha value is -2.75. The van der Waals surface area contributed by atoms with Crippen LogP contribution < -0.4 is 16.7 Å². The van der Waals surface area contributed by atoms with Gasteiger partial charge in [0.25, 0.3) is 11.5 Å². The van der Waals surface area contributed by atoms with Crippen LogP contribution in [0.2, 0.25) is 0 Å². The molecule has 120 valence electrons. The van der Waals surface area contributed by atoms with Crippen molar-refractivity contribution in [1.82, 2.24) is 20.6 Å². The standard InChI is InChI=1S/C13H12FN5O3S/c1-7(23-12-11(21)16-13(22)19-18-12)10(20)17-15-6-8-2-4-9(14)5-3-8/h2-7H,1H3,(H,17,20)(H2,16,19,21,22)/b15-6+. The smallest absolute Gasteiger partial charge is 0.272 e. The summed E-state index contributed by atoms with van der Waals surface area (Å²) < 4.78 is 12.7. The van der Waals surface area contributed by atoms with Gasteiger partial charge < -0.3 is 0 Å². The molecule has 3 N–H and O–H groups in total. The van der Waals surface area contributed by atoms with Crippen molar-refractivity contribution >= 4 is 23.9 Å². The maximum Gasteiger partial charge on any atom is 0.342 e. The van der Waals surface area contributed by atoms with Crippen molar-refractivity contribution in [2.75, 3.05) is 0 Å². The van der Waals surface area contributed by atoms with Gasteiger partial charge in [-0.05, 0) is 24.6 Å². The SMILES string of the molecule is CC(Sc1n[nH]c(=O)[nH]c1=O)C(=O)N/N=C/c1ccc(F)cc1. The Morgan fingerprint density at radius 1 is 1.39 bits per heavy atom. The average Bonchev–Trinajstić information content (AvgIpc) is 2.51. The Morgan fingerprint density at radius 2 is 2.09 bits per heavy atom. The highest BCUT2D eigenvalue weighted by Crippen LogP contribution is 2.16. The van der Waals surface area contributed by atoms with E-state index < -0.39 is 22.4 Å². The molecule has 0 aliphatic rings. The maximum absolute atomic E-state index is 12.7. The van der Waals surface area contributed by atoms with Gasteiger partial charge in [-0.1, -0.05) is 23.9 Å². The number of nitrogens with zero attached hydrogens (tertiary/aromatic N) is 2. The molecule has 1 aromatic heterocycles. The molecule has 0 aliphatic heterocycles. The molecule has 8 nitrogen and oxygen atoms in total. The fourth-order valence-corrected chi connectivity index (χ4v) is 2.20. The number of amides is 1. The quantitative estimate of drug-likeness (QED) is 0.410. The number of aromatic nitrogens is 3. The number of thioether (sulfide) groups is 1. The first kappa shape index (κ1) is 16.6. The van der Waals surface area contributed by atoms with Crippen molar-refractivity contribution in [2.24, 2.45) is 5.10 Å². The molecule has 0 fully saturated rings. The topological polar surface area (TPSA) is 120 Å². The summed E-state index contributed by atoms with van der Waals surface area (Å²) in [5.41, 5.74) is 1.52. The number of carbonyl (C=O) groups is 1. The minimum absolute atomic E-state index is 0.0326. The molecule has 2 rings (SSSR count). The molecule has 1 heterocycles. The number of hydrazone groups is 1. The van der Waals surface area contributed by atoms with E-state index in [1.165, 1.54) is 30.5 Å². The molecule has 0 saturated carbocycles. The van der Waals surface area contributed by atoms with E-state index in [1.54, 1.807) is 6.92 Å². The summed E-state index contributed by atoms with van der Waals surface area (Å²) >= 11 is 0.875. The van der Waals surface area contributed by atoms with Crippen LogP contribution in [0.15, 0.2) is 44.0 Å². The second kappa shape index (κ2) is 7.49. The van der Waals surface area contributed by atoms with E-state index in [2.05, 4.69) is 20.7 Å². The Kier molecular flexibility index (Phi) is 5.41. The first-order chi connectivity index (χ1) is 11.0. The summed E-state index contributed by atoms with van der Waals surface area (Å²) in [4.78, 5) is 36.2. The van der Waals surface area contributed by atoms with Gasteiger partial charge in [-0.2, -0.15) is 10.2 Å². The minimum Gasteiger partial charge on any atom is -0.272 e. The first-order valence-corrected chi connectivity index (χ1v) is 7.28. The summed E-state index contributed by atoms with van der Waals surface area (Å²) in [6, 6.07) is 5.56. The van der Waals surface area contributed by atoms with Crippen LogP contribution in [-0.4, -0.2) is 32.6 Å². The normalized spacial score (nSPS) is 12.3. The number of rotatable bonds is 5. The number of hydrogen-bond donors (Lipinski definition) is 3. The molecule has 1 unspecified atom stereocenters. The predicted molar refractivity (Wildman–Crippen MR) is 82.9 cm³/mol. The summed E-state index contributed by atoms with van der Waals surface area (Å²) in [5, 5.41) is 8.69. The van der Waals surface area contributed by atoms with Crippen LogP contribution in [0.1, 0.15) is 12.5 Å². The highest BCUT2D eigenvalue weighted by molar-refractivity contribution is 8.00. The highest BCUT2D eigenvalue weighted by Gasteiger charge is 2.16. The lowest BCUT2D eigenvalue weighted by molar-refractivity contribution is -0.120. The molecule has 10 heteroatoms. The fourth-order valence-electron chi connectivity index (χ4n) is 1.45. The van der Waals surface area contributed by atoms with E-state index in [4.69, 9.17) is 0 Å². The third-order valence-corrected chi connectivity index (χ3v) is 3.66. The molecule has 2 aromatic rings. The molecule has 1 atom stereocenters. The summed E-state index contributed by atoms with van der Waals surface area (Å²) in [6.45, 7) is 1.56. The van der Waals surface area contributed by atoms with Crippen LogP contribution in [0.5, 0.6) is 0 Å². The van der Waals surface area contributed by atoms with Gasteiger partial charge in [0.1, 0.15) is 5.82 Å². The van der Waals surface area contributed by atoms with E-state index in [1.807, 2.05) is 4.98 Å². The Bertz CT molecular complexity index is 830. The number of benzene rings is 1. The van der Waals surface area contributed by atoms with Gasteiger partial charge >= 0.3 is 5.69 Å². The maximum atomic E-state index is 12.7. The van der Waals surface area contributed by atoms with Crippen LogP contribution in [0.25, 0.3) is 0 Å². The molecule has 0 aliphatic carbocycles. The zero-order valence-corrected chi connectivity index (χ0v) is 12.7. The second-order valence-electron chi connectivity index (χ2n) is 4.36. The van der Waals surface area contributed by atoms with Gasteiger partial charge in [0.05, 0.1) is 11.5 Å². The Balaban J connectivity index is 1.93. The van der Waals surface area contributed by atoms with Crippen LogP contribution in [0.4, 0.5) is 4.39 Å². The fraction of sp³-hybridized carbons (Fsp3) is 0.154. The van der Waals surface area contributed by atoms with E-state index in [9.17, 15) is 18.8 Å². The van der Waals surface area contributed by atoms with Crippen molar-refractivity contribution < 1.29 is 9.18 Å². The van der Waals surface area contributed by atoms with Crippen LogP contribution in [0.3, 0.4) is 0 Å². The van der Waals surface area contributed by atoms with Gasteiger partial charge in [-0.15, -0.1) is 0 Å². The third-order valence-electron chi connectivity index (χ3n) is 2.60. The van der Waals surface area contributed by atoms with E-state index in [0.29, 0.717) is 5.56 Å². The second-order valence-corrected chi connectivity index (χ2v) is 5.69. The van der Waals surface area contributed by atoms with Gasteiger partial charge in [0.2, 0.25) is 0 Å². The molecule has 1 amide bonds. The van der Waals surface area contributed by atoms with Crippen molar-refractivity contribution in [3.8, 4) is 0 Å². The van der Waals surface area contributed by atoms with Gasteiger partial charge in [0.15, 0.2) is 5.03 Å². The highest BCUT2D eigenvalue weighted by atomic mass is 32.2. The molecule has 0 saturated heterocycles. The molecule has 0 bridgehead atoms. The molecule has 1 aromatic carbocycles. The van der Waals surface area contributed by atoms with E-state index in [-0.39, 0.29) is 10.8 Å². The third kappa shape index (κ3) is 4.88. The van der Waals surface area contributed by atoms with Gasteiger partial charge in [-0.3, -0.25) is 14.6 Å². The Morgan fingerprint density at radius 3 is 2.74 bits per heavy atom. The van der Waals surface area contributed by atoms with Gasteiger partial charge in [-0.25, -0.2) is 19.7 Å². The lowest BCUT2D eigenvalue weighted by atomic mass is 10.2. The van der Waals surface area contributed by atoms with Gasteiger partial charge in [0, 0.05) is 0 Å². The average molecular weight is 337 g/mol. The number of carbonyl (C=O) groups excluding carboxylic acids is 1. The molecule has 23 heavy (non-hydrogen) atoms. The van der Waals surface area contributed by atoms with Crippen molar-refractivity contribution in [3.05, 3.63) is 56.5 Å². The number of hydrogen-bond acceptors (Lipinski definition) is 6. The Labute approximate surface area is 133 Å². The number of aromatic amines is 2. The van der Waals surface area contributed by atoms with Crippen LogP contribution >= 0.6 is 11.8 Å². The number of nitrogens with one attached hydrogen (secondary N) is 3. The first-order valence-electron chi connectivity index (χ1n) is 6.40. The lowest BCUT2D eigenvalue weighted by Gasteiger charge is -2.07. The minimum atomic E-state index is -0.722. The van der Waals surface area contributed by atoms with Crippen molar-refractivity contribution in [3.63, 3.8) is 0 Å². The van der Waals surface area contributed by atoms with Crippen LogP contribution in [0, 0.1) is 5.82 Å². The number of halogens is 1.